The van der Waals surface area contributed by atoms with Crippen molar-refractivity contribution in [3.63, 3.8) is 0 Å². The third kappa shape index (κ3) is 2.79. The number of aromatic nitrogens is 2. The van der Waals surface area contributed by atoms with Crippen LogP contribution in [-0.4, -0.2) is 9.78 Å². The first-order chi connectivity index (χ1) is 10.4. The molecule has 4 rings (SSSR count). The molecule has 0 spiro atoms. The average Bonchev–Trinajstić information content (AvgIpc) is 3.23. The largest absolute Gasteiger partial charge is 0.304 e. The molecule has 1 unspecified atom stereocenters. The molecule has 0 radical (unpaired) electrons. The number of hydrogen-bond acceptors (Lipinski definition) is 3. The van der Waals surface area contributed by atoms with E-state index in [9.17, 15) is 0 Å². The Labute approximate surface area is 130 Å². The molecule has 0 aliphatic heterocycles. The van der Waals surface area contributed by atoms with Crippen molar-refractivity contribution in [3.05, 3.63) is 39.8 Å². The van der Waals surface area contributed by atoms with Gasteiger partial charge in [-0.25, -0.2) is 0 Å². The molecule has 0 aromatic carbocycles. The van der Waals surface area contributed by atoms with Crippen LogP contribution in [0.5, 0.6) is 0 Å². The lowest BCUT2D eigenvalue weighted by molar-refractivity contribution is 0.442. The zero-order chi connectivity index (χ0) is 14.1. The maximum atomic E-state index is 4.78. The van der Waals surface area contributed by atoms with Crippen LogP contribution in [0.4, 0.5) is 0 Å². The summed E-state index contributed by atoms with van der Waals surface area (Å²) in [6.07, 6.45) is 11.3. The van der Waals surface area contributed by atoms with Crippen LogP contribution in [0.3, 0.4) is 0 Å². The number of hydrogen-bond donors (Lipinski definition) is 1. The molecule has 2 aliphatic rings. The van der Waals surface area contributed by atoms with E-state index in [1.165, 1.54) is 56.2 Å². The van der Waals surface area contributed by atoms with Crippen molar-refractivity contribution in [2.45, 2.75) is 63.6 Å². The fourth-order valence-electron chi connectivity index (χ4n) is 3.77. The van der Waals surface area contributed by atoms with Gasteiger partial charge in [-0.1, -0.05) is 12.8 Å². The first-order valence-corrected chi connectivity index (χ1v) is 9.12. The highest BCUT2D eigenvalue weighted by Gasteiger charge is 2.21. The highest BCUT2D eigenvalue weighted by atomic mass is 32.1. The molecule has 0 saturated heterocycles. The molecule has 0 amide bonds. The van der Waals surface area contributed by atoms with Crippen molar-refractivity contribution >= 4 is 11.3 Å². The predicted molar refractivity (Wildman–Crippen MR) is 86.6 cm³/mol. The van der Waals surface area contributed by atoms with Gasteiger partial charge in [0.1, 0.15) is 0 Å². The van der Waals surface area contributed by atoms with Gasteiger partial charge < -0.3 is 5.32 Å². The average molecular weight is 301 g/mol. The SMILES string of the molecule is c1cc2c(s1)CCCC2NCc1ccn(C2CCCC2)n1. The molecule has 2 aromatic heterocycles. The minimum atomic E-state index is 0.525. The van der Waals surface area contributed by atoms with Crippen LogP contribution in [0.15, 0.2) is 23.7 Å². The van der Waals surface area contributed by atoms with E-state index in [0.29, 0.717) is 12.1 Å². The van der Waals surface area contributed by atoms with Gasteiger partial charge >= 0.3 is 0 Å². The summed E-state index contributed by atoms with van der Waals surface area (Å²) in [6.45, 7) is 0.889. The van der Waals surface area contributed by atoms with Crippen molar-refractivity contribution in [3.8, 4) is 0 Å². The van der Waals surface area contributed by atoms with Crippen LogP contribution >= 0.6 is 11.3 Å². The zero-order valence-corrected chi connectivity index (χ0v) is 13.2. The molecule has 4 heteroatoms. The van der Waals surface area contributed by atoms with Gasteiger partial charge in [0.05, 0.1) is 11.7 Å². The number of nitrogens with one attached hydrogen (secondary N) is 1. The summed E-state index contributed by atoms with van der Waals surface area (Å²) in [4.78, 5) is 1.58. The maximum absolute atomic E-state index is 4.78. The van der Waals surface area contributed by atoms with Gasteiger partial charge in [0, 0.05) is 23.7 Å². The van der Waals surface area contributed by atoms with Crippen molar-refractivity contribution in [2.24, 2.45) is 0 Å². The summed E-state index contributed by atoms with van der Waals surface area (Å²) >= 11 is 1.91. The van der Waals surface area contributed by atoms with E-state index in [4.69, 9.17) is 5.10 Å². The third-order valence-corrected chi connectivity index (χ3v) is 5.94. The number of thiophene rings is 1. The molecule has 1 saturated carbocycles. The van der Waals surface area contributed by atoms with Gasteiger partial charge in [0.15, 0.2) is 0 Å². The quantitative estimate of drug-likeness (QED) is 0.916. The topological polar surface area (TPSA) is 29.9 Å². The van der Waals surface area contributed by atoms with E-state index in [1.807, 2.05) is 11.3 Å². The van der Waals surface area contributed by atoms with Crippen LogP contribution in [0.2, 0.25) is 0 Å². The van der Waals surface area contributed by atoms with Crippen molar-refractivity contribution < 1.29 is 0 Å². The van der Waals surface area contributed by atoms with Gasteiger partial charge in [-0.2, -0.15) is 5.10 Å². The number of aryl methyl sites for hydroxylation is 1. The van der Waals surface area contributed by atoms with Gasteiger partial charge in [0.25, 0.3) is 0 Å². The second-order valence-electron chi connectivity index (χ2n) is 6.35. The molecule has 1 fully saturated rings. The monoisotopic (exact) mass is 301 g/mol. The van der Waals surface area contributed by atoms with Gasteiger partial charge in [-0.05, 0) is 55.2 Å². The van der Waals surface area contributed by atoms with Crippen molar-refractivity contribution in [2.75, 3.05) is 0 Å². The van der Waals surface area contributed by atoms with Crippen molar-refractivity contribution in [1.82, 2.24) is 15.1 Å². The maximum Gasteiger partial charge on any atom is 0.0762 e. The molecule has 1 atom stereocenters. The van der Waals surface area contributed by atoms with Crippen LogP contribution in [0.25, 0.3) is 0 Å². The number of rotatable bonds is 4. The Hall–Kier alpha value is -1.13. The molecule has 2 heterocycles. The lowest BCUT2D eigenvalue weighted by Gasteiger charge is -2.23. The van der Waals surface area contributed by atoms with Crippen LogP contribution < -0.4 is 5.32 Å². The second-order valence-corrected chi connectivity index (χ2v) is 7.35. The predicted octanol–water partition coefficient (Wildman–Crippen LogP) is 4.23. The Balaban J connectivity index is 1.39. The number of nitrogens with zero attached hydrogens (tertiary/aromatic N) is 2. The fraction of sp³-hybridized carbons (Fsp3) is 0.588. The summed E-state index contributed by atoms with van der Waals surface area (Å²) in [6, 6.07) is 5.66. The van der Waals surface area contributed by atoms with E-state index in [0.717, 1.165) is 6.54 Å². The molecular weight excluding hydrogens is 278 g/mol. The lowest BCUT2D eigenvalue weighted by Crippen LogP contribution is -2.24. The lowest BCUT2D eigenvalue weighted by atomic mass is 9.94. The second kappa shape index (κ2) is 5.93. The summed E-state index contributed by atoms with van der Waals surface area (Å²) < 4.78 is 2.20. The van der Waals surface area contributed by atoms with Gasteiger partial charge in [-0.3, -0.25) is 4.68 Å². The molecule has 2 aromatic rings. The highest BCUT2D eigenvalue weighted by molar-refractivity contribution is 7.10. The zero-order valence-electron chi connectivity index (χ0n) is 12.4. The normalized spacial score (nSPS) is 22.6. The minimum Gasteiger partial charge on any atom is -0.304 e. The van der Waals surface area contributed by atoms with Crippen LogP contribution in [0.1, 0.15) is 66.7 Å². The molecule has 3 nitrogen and oxygen atoms in total. The summed E-state index contributed by atoms with van der Waals surface area (Å²) in [5.74, 6) is 0. The first kappa shape index (κ1) is 13.5. The van der Waals surface area contributed by atoms with Gasteiger partial charge in [-0.15, -0.1) is 11.3 Å². The third-order valence-electron chi connectivity index (χ3n) is 4.94. The fourth-order valence-corrected chi connectivity index (χ4v) is 4.76. The van der Waals surface area contributed by atoms with Crippen LogP contribution in [0, 0.1) is 0 Å². The Morgan fingerprint density at radius 3 is 3.00 bits per heavy atom. The smallest absolute Gasteiger partial charge is 0.0762 e. The van der Waals surface area contributed by atoms with E-state index in [2.05, 4.69) is 33.7 Å². The van der Waals surface area contributed by atoms with E-state index in [-0.39, 0.29) is 0 Å². The summed E-state index contributed by atoms with van der Waals surface area (Å²) in [7, 11) is 0. The first-order valence-electron chi connectivity index (χ1n) is 8.24. The minimum absolute atomic E-state index is 0.525. The summed E-state index contributed by atoms with van der Waals surface area (Å²) in [5, 5.41) is 10.7. The highest BCUT2D eigenvalue weighted by Crippen LogP contribution is 2.33. The molecular formula is C17H23N3S. The van der Waals surface area contributed by atoms with E-state index >= 15 is 0 Å². The molecule has 1 N–H and O–H groups in total. The van der Waals surface area contributed by atoms with Crippen LogP contribution in [-0.2, 0) is 13.0 Å². The Morgan fingerprint density at radius 2 is 2.10 bits per heavy atom. The molecule has 21 heavy (non-hydrogen) atoms. The molecule has 112 valence electrons. The van der Waals surface area contributed by atoms with Gasteiger partial charge in [0.2, 0.25) is 0 Å². The Morgan fingerprint density at radius 1 is 1.19 bits per heavy atom. The van der Waals surface area contributed by atoms with Crippen molar-refractivity contribution in [1.29, 1.82) is 0 Å². The number of fused-ring (bicyclic) bond motifs is 1. The molecule has 2 aliphatic carbocycles. The van der Waals surface area contributed by atoms with E-state index in [1.54, 1.807) is 4.88 Å². The van der Waals surface area contributed by atoms with E-state index < -0.39 is 0 Å². The summed E-state index contributed by atoms with van der Waals surface area (Å²) in [5.41, 5.74) is 2.71. The molecule has 0 bridgehead atoms. The Kier molecular flexibility index (Phi) is 3.82. The standard InChI is InChI=1S/C17H23N3S/c1-2-5-14(4-1)20-10-8-13(19-20)12-18-16-6-3-7-17-15(16)9-11-21-17/h8-11,14,16,18H,1-7,12H2. The Bertz CT molecular complexity index is 595.